The predicted octanol–water partition coefficient (Wildman–Crippen LogP) is 3.43. The molecule has 1 fully saturated rings. The third kappa shape index (κ3) is 3.18. The van der Waals surface area contributed by atoms with Crippen molar-refractivity contribution in [2.45, 2.75) is 51.3 Å². The molecule has 2 atom stereocenters. The number of halogens is 1. The van der Waals surface area contributed by atoms with E-state index in [1.807, 2.05) is 0 Å². The molecule has 0 spiro atoms. The van der Waals surface area contributed by atoms with E-state index in [9.17, 15) is 0 Å². The summed E-state index contributed by atoms with van der Waals surface area (Å²) in [4.78, 5) is 0. The summed E-state index contributed by atoms with van der Waals surface area (Å²) in [7, 11) is 0. The second kappa shape index (κ2) is 6.46. The Morgan fingerprint density at radius 2 is 2.25 bits per heavy atom. The van der Waals surface area contributed by atoms with Crippen molar-refractivity contribution in [1.29, 1.82) is 0 Å². The summed E-state index contributed by atoms with van der Waals surface area (Å²) in [5.74, 6) is 1.10. The maximum Gasteiger partial charge on any atom is 0.127 e. The first kappa shape index (κ1) is 14.4. The highest BCUT2D eigenvalue weighted by atomic mass is 79.9. The normalized spacial score (nSPS) is 25.3. The average molecular weight is 340 g/mol. The molecule has 0 aromatic heterocycles. The lowest BCUT2D eigenvalue weighted by Gasteiger charge is -2.29. The molecule has 1 aromatic carbocycles. The molecule has 0 aliphatic carbocycles. The minimum atomic E-state index is 0.422. The first-order valence-corrected chi connectivity index (χ1v) is 8.34. The van der Waals surface area contributed by atoms with Crippen molar-refractivity contribution in [3.63, 3.8) is 0 Å². The molecule has 0 amide bonds. The van der Waals surface area contributed by atoms with E-state index >= 15 is 0 Å². The molecule has 3 rings (SSSR count). The highest BCUT2D eigenvalue weighted by Gasteiger charge is 2.22. The fourth-order valence-electron chi connectivity index (χ4n) is 3.08. The van der Waals surface area contributed by atoms with Crippen molar-refractivity contribution in [3.8, 4) is 5.75 Å². The Bertz CT molecular complexity index is 478. The highest BCUT2D eigenvalue weighted by Crippen LogP contribution is 2.33. The third-order valence-electron chi connectivity index (χ3n) is 4.23. The first-order chi connectivity index (χ1) is 9.76. The standard InChI is InChI=1S/C16H22BrNO2/c1-2-15-9-14(4-6-19-15)18-10-12-8-13(17)7-11-3-5-20-16(11)12/h7-8,14-15,18H,2-6,9-10H2,1H3. The van der Waals surface area contributed by atoms with Gasteiger partial charge in [-0.05, 0) is 37.0 Å². The van der Waals surface area contributed by atoms with E-state index < -0.39 is 0 Å². The average Bonchev–Trinajstić information content (AvgIpc) is 2.93. The molecular weight excluding hydrogens is 318 g/mol. The van der Waals surface area contributed by atoms with Crippen molar-refractivity contribution < 1.29 is 9.47 Å². The van der Waals surface area contributed by atoms with Crippen LogP contribution in [0.1, 0.15) is 37.3 Å². The monoisotopic (exact) mass is 339 g/mol. The molecule has 0 saturated carbocycles. The summed E-state index contributed by atoms with van der Waals surface area (Å²) in [5.41, 5.74) is 2.60. The summed E-state index contributed by atoms with van der Waals surface area (Å²) >= 11 is 3.60. The van der Waals surface area contributed by atoms with Crippen LogP contribution in [0.5, 0.6) is 5.75 Å². The zero-order valence-electron chi connectivity index (χ0n) is 12.0. The van der Waals surface area contributed by atoms with Crippen LogP contribution in [0.2, 0.25) is 0 Å². The van der Waals surface area contributed by atoms with Crippen molar-refractivity contribution in [2.75, 3.05) is 13.2 Å². The number of fused-ring (bicyclic) bond motifs is 1. The fraction of sp³-hybridized carbons (Fsp3) is 0.625. The molecule has 2 aliphatic rings. The first-order valence-electron chi connectivity index (χ1n) is 7.55. The maximum absolute atomic E-state index is 5.78. The van der Waals surface area contributed by atoms with Gasteiger partial charge < -0.3 is 14.8 Å². The number of hydrogen-bond acceptors (Lipinski definition) is 3. The van der Waals surface area contributed by atoms with Crippen LogP contribution in [0.25, 0.3) is 0 Å². The van der Waals surface area contributed by atoms with E-state index in [-0.39, 0.29) is 0 Å². The minimum Gasteiger partial charge on any atom is -0.493 e. The van der Waals surface area contributed by atoms with Gasteiger partial charge in [0.05, 0.1) is 12.7 Å². The molecule has 0 radical (unpaired) electrons. The van der Waals surface area contributed by atoms with Crippen LogP contribution in [0.4, 0.5) is 0 Å². The van der Waals surface area contributed by atoms with Crippen LogP contribution < -0.4 is 10.1 Å². The minimum absolute atomic E-state index is 0.422. The Morgan fingerprint density at radius 3 is 3.10 bits per heavy atom. The SMILES string of the molecule is CCC1CC(NCc2cc(Br)cc3c2OCC3)CCO1. The van der Waals surface area contributed by atoms with Crippen LogP contribution in [-0.4, -0.2) is 25.4 Å². The van der Waals surface area contributed by atoms with Gasteiger partial charge in [0, 0.05) is 35.7 Å². The third-order valence-corrected chi connectivity index (χ3v) is 4.69. The van der Waals surface area contributed by atoms with E-state index in [1.165, 1.54) is 11.1 Å². The number of benzene rings is 1. The van der Waals surface area contributed by atoms with Gasteiger partial charge in [-0.25, -0.2) is 0 Å². The van der Waals surface area contributed by atoms with Gasteiger partial charge in [0.15, 0.2) is 0 Å². The lowest BCUT2D eigenvalue weighted by atomic mass is 10.0. The Balaban J connectivity index is 1.64. The fourth-order valence-corrected chi connectivity index (χ4v) is 3.63. The Hall–Kier alpha value is -0.580. The van der Waals surface area contributed by atoms with E-state index in [0.717, 1.165) is 55.7 Å². The van der Waals surface area contributed by atoms with E-state index in [2.05, 4.69) is 40.3 Å². The van der Waals surface area contributed by atoms with Crippen LogP contribution in [0.15, 0.2) is 16.6 Å². The van der Waals surface area contributed by atoms with Crippen LogP contribution >= 0.6 is 15.9 Å². The molecule has 2 unspecified atom stereocenters. The number of rotatable bonds is 4. The highest BCUT2D eigenvalue weighted by molar-refractivity contribution is 9.10. The van der Waals surface area contributed by atoms with Crippen molar-refractivity contribution in [2.24, 2.45) is 0 Å². The van der Waals surface area contributed by atoms with E-state index in [4.69, 9.17) is 9.47 Å². The second-order valence-electron chi connectivity index (χ2n) is 5.65. The summed E-state index contributed by atoms with van der Waals surface area (Å²) in [6, 6.07) is 4.91. The molecule has 3 nitrogen and oxygen atoms in total. The van der Waals surface area contributed by atoms with Gasteiger partial charge in [0.1, 0.15) is 5.75 Å². The van der Waals surface area contributed by atoms with Gasteiger partial charge in [-0.2, -0.15) is 0 Å². The van der Waals surface area contributed by atoms with Crippen molar-refractivity contribution in [1.82, 2.24) is 5.32 Å². The number of nitrogens with one attached hydrogen (secondary N) is 1. The zero-order chi connectivity index (χ0) is 13.9. The summed E-state index contributed by atoms with van der Waals surface area (Å²) in [6.07, 6.45) is 4.77. The van der Waals surface area contributed by atoms with Gasteiger partial charge >= 0.3 is 0 Å². The smallest absolute Gasteiger partial charge is 0.127 e. The van der Waals surface area contributed by atoms with Gasteiger partial charge in [0.2, 0.25) is 0 Å². The van der Waals surface area contributed by atoms with Gasteiger partial charge in [-0.1, -0.05) is 22.9 Å². The van der Waals surface area contributed by atoms with E-state index in [1.54, 1.807) is 0 Å². The molecule has 1 N–H and O–H groups in total. The molecule has 1 saturated heterocycles. The lowest BCUT2D eigenvalue weighted by molar-refractivity contribution is -0.000340. The molecule has 2 heterocycles. The van der Waals surface area contributed by atoms with Crippen LogP contribution in [0, 0.1) is 0 Å². The van der Waals surface area contributed by atoms with Gasteiger partial charge in [-0.15, -0.1) is 0 Å². The van der Waals surface area contributed by atoms with Crippen LogP contribution in [-0.2, 0) is 17.7 Å². The molecule has 20 heavy (non-hydrogen) atoms. The number of hydrogen-bond donors (Lipinski definition) is 1. The Kier molecular flexibility index (Phi) is 4.64. The van der Waals surface area contributed by atoms with Gasteiger partial charge in [-0.3, -0.25) is 0 Å². The Labute approximate surface area is 129 Å². The topological polar surface area (TPSA) is 30.5 Å². The van der Waals surface area contributed by atoms with Crippen molar-refractivity contribution >= 4 is 15.9 Å². The molecule has 4 heteroatoms. The lowest BCUT2D eigenvalue weighted by Crippen LogP contribution is -2.38. The quantitative estimate of drug-likeness (QED) is 0.911. The predicted molar refractivity (Wildman–Crippen MR) is 83.2 cm³/mol. The molecular formula is C16H22BrNO2. The number of ether oxygens (including phenoxy) is 2. The van der Waals surface area contributed by atoms with Crippen LogP contribution in [0.3, 0.4) is 0 Å². The van der Waals surface area contributed by atoms with Crippen molar-refractivity contribution in [3.05, 3.63) is 27.7 Å². The Morgan fingerprint density at radius 1 is 1.35 bits per heavy atom. The second-order valence-corrected chi connectivity index (χ2v) is 6.57. The van der Waals surface area contributed by atoms with E-state index in [0.29, 0.717) is 12.1 Å². The summed E-state index contributed by atoms with van der Waals surface area (Å²) in [5, 5.41) is 3.68. The molecule has 2 aliphatic heterocycles. The molecule has 1 aromatic rings. The molecule has 110 valence electrons. The van der Waals surface area contributed by atoms with Gasteiger partial charge in [0.25, 0.3) is 0 Å². The summed E-state index contributed by atoms with van der Waals surface area (Å²) < 4.78 is 12.7. The maximum atomic E-state index is 5.78. The summed E-state index contributed by atoms with van der Waals surface area (Å²) in [6.45, 7) is 4.77. The zero-order valence-corrected chi connectivity index (χ0v) is 13.5. The molecule has 0 bridgehead atoms. The largest absolute Gasteiger partial charge is 0.493 e.